The van der Waals surface area contributed by atoms with Gasteiger partial charge in [-0.3, -0.25) is 0 Å². The van der Waals surface area contributed by atoms with Crippen molar-refractivity contribution in [2.75, 3.05) is 26.2 Å². The number of aromatic nitrogens is 2. The van der Waals surface area contributed by atoms with Crippen molar-refractivity contribution in [1.29, 1.82) is 0 Å². The second-order valence-corrected chi connectivity index (χ2v) is 7.45. The van der Waals surface area contributed by atoms with Crippen LogP contribution in [0.2, 0.25) is 0 Å². The number of hydrogen-bond donors (Lipinski definition) is 0. The van der Waals surface area contributed by atoms with Crippen molar-refractivity contribution >= 4 is 0 Å². The molecular weight excluding hydrogens is 298 g/mol. The molecule has 0 unspecified atom stereocenters. The topological polar surface area (TPSA) is 38.2 Å². The largest absolute Gasteiger partial charge is 0.378 e. The monoisotopic (exact) mass is 331 g/mol. The summed E-state index contributed by atoms with van der Waals surface area (Å²) in [5, 5.41) is 0. The molecule has 1 aliphatic carbocycles. The quantitative estimate of drug-likeness (QED) is 0.682. The van der Waals surface area contributed by atoms with E-state index in [9.17, 15) is 0 Å². The van der Waals surface area contributed by atoms with Crippen LogP contribution in [0.15, 0.2) is 12.3 Å². The van der Waals surface area contributed by atoms with Crippen LogP contribution in [0, 0.1) is 5.92 Å². The predicted molar refractivity (Wildman–Crippen MR) is 97.1 cm³/mol. The van der Waals surface area contributed by atoms with Crippen molar-refractivity contribution in [3.63, 3.8) is 0 Å². The molecule has 2 aliphatic rings. The van der Waals surface area contributed by atoms with Crippen LogP contribution in [-0.4, -0.2) is 47.2 Å². The van der Waals surface area contributed by atoms with E-state index in [1.165, 1.54) is 64.6 Å². The summed E-state index contributed by atoms with van der Waals surface area (Å²) >= 11 is 0. The van der Waals surface area contributed by atoms with Gasteiger partial charge in [-0.05, 0) is 70.0 Å². The summed E-state index contributed by atoms with van der Waals surface area (Å²) in [5.74, 6) is 1.71. The average molecular weight is 332 g/mol. The van der Waals surface area contributed by atoms with Gasteiger partial charge in [-0.15, -0.1) is 0 Å². The van der Waals surface area contributed by atoms with Gasteiger partial charge in [-0.1, -0.05) is 13.3 Å². The molecular formula is C20H33N3O. The van der Waals surface area contributed by atoms with Gasteiger partial charge in [-0.2, -0.15) is 0 Å². The Bertz CT molecular complexity index is 488. The van der Waals surface area contributed by atoms with Crippen LogP contribution < -0.4 is 0 Å². The highest BCUT2D eigenvalue weighted by atomic mass is 16.5. The van der Waals surface area contributed by atoms with E-state index in [2.05, 4.69) is 21.8 Å². The van der Waals surface area contributed by atoms with Gasteiger partial charge >= 0.3 is 0 Å². The molecule has 1 saturated carbocycles. The molecule has 2 heterocycles. The van der Waals surface area contributed by atoms with Gasteiger partial charge < -0.3 is 9.64 Å². The molecule has 24 heavy (non-hydrogen) atoms. The number of rotatable bonds is 8. The van der Waals surface area contributed by atoms with Crippen LogP contribution in [0.4, 0.5) is 0 Å². The molecule has 0 bridgehead atoms. The normalized spacial score (nSPS) is 25.2. The Balaban J connectivity index is 1.37. The fourth-order valence-electron chi connectivity index (χ4n) is 4.12. The maximum atomic E-state index is 6.19. The molecule has 0 N–H and O–H groups in total. The summed E-state index contributed by atoms with van der Waals surface area (Å²) in [7, 11) is 0. The summed E-state index contributed by atoms with van der Waals surface area (Å²) < 4.78 is 6.19. The van der Waals surface area contributed by atoms with E-state index in [1.54, 1.807) is 0 Å². The minimum Gasteiger partial charge on any atom is -0.378 e. The number of nitrogens with zero attached hydrogens (tertiary/aromatic N) is 3. The third kappa shape index (κ3) is 5.52. The molecule has 0 aromatic carbocycles. The van der Waals surface area contributed by atoms with Crippen LogP contribution in [0.1, 0.15) is 63.4 Å². The highest BCUT2D eigenvalue weighted by Gasteiger charge is 2.23. The van der Waals surface area contributed by atoms with E-state index in [-0.39, 0.29) is 0 Å². The Kier molecular flexibility index (Phi) is 7.03. The first-order valence-corrected chi connectivity index (χ1v) is 9.98. The molecule has 0 amide bonds. The lowest BCUT2D eigenvalue weighted by molar-refractivity contribution is 0.00933. The Morgan fingerprint density at radius 2 is 2.08 bits per heavy atom. The zero-order valence-electron chi connectivity index (χ0n) is 15.3. The maximum Gasteiger partial charge on any atom is 0.128 e. The van der Waals surface area contributed by atoms with Crippen molar-refractivity contribution in [3.8, 4) is 0 Å². The van der Waals surface area contributed by atoms with Crippen LogP contribution in [0.25, 0.3) is 0 Å². The second-order valence-electron chi connectivity index (χ2n) is 7.45. The zero-order valence-corrected chi connectivity index (χ0v) is 15.3. The fourth-order valence-corrected chi connectivity index (χ4v) is 4.12. The Labute approximate surface area is 147 Å². The van der Waals surface area contributed by atoms with Gasteiger partial charge in [-0.25, -0.2) is 9.97 Å². The molecule has 0 radical (unpaired) electrons. The van der Waals surface area contributed by atoms with Crippen LogP contribution in [0.5, 0.6) is 0 Å². The summed E-state index contributed by atoms with van der Waals surface area (Å²) in [4.78, 5) is 11.7. The Morgan fingerprint density at radius 3 is 2.92 bits per heavy atom. The number of aryl methyl sites for hydroxylation is 1. The zero-order chi connectivity index (χ0) is 16.6. The Hall–Kier alpha value is -1.00. The number of ether oxygens (including phenoxy) is 1. The van der Waals surface area contributed by atoms with Crippen molar-refractivity contribution in [2.24, 2.45) is 5.92 Å². The molecule has 3 rings (SSSR count). The third-order valence-corrected chi connectivity index (χ3v) is 5.50. The average Bonchev–Trinajstić information content (AvgIpc) is 3.13. The first-order chi connectivity index (χ1) is 11.8. The molecule has 0 spiro atoms. The van der Waals surface area contributed by atoms with Crippen LogP contribution in [-0.2, 0) is 17.6 Å². The molecule has 1 aromatic heterocycles. The summed E-state index contributed by atoms with van der Waals surface area (Å²) in [5.41, 5.74) is 1.16. The smallest absolute Gasteiger partial charge is 0.128 e. The van der Waals surface area contributed by atoms with E-state index in [1.807, 2.05) is 12.3 Å². The van der Waals surface area contributed by atoms with Gasteiger partial charge in [0, 0.05) is 31.5 Å². The lowest BCUT2D eigenvalue weighted by Crippen LogP contribution is -2.26. The number of hydrogen-bond acceptors (Lipinski definition) is 4. The van der Waals surface area contributed by atoms with Gasteiger partial charge in [0.1, 0.15) is 5.82 Å². The highest BCUT2D eigenvalue weighted by Crippen LogP contribution is 2.28. The third-order valence-electron chi connectivity index (χ3n) is 5.50. The first-order valence-electron chi connectivity index (χ1n) is 9.98. The van der Waals surface area contributed by atoms with Gasteiger partial charge in [0.15, 0.2) is 0 Å². The molecule has 1 aliphatic heterocycles. The van der Waals surface area contributed by atoms with Gasteiger partial charge in [0.25, 0.3) is 0 Å². The fraction of sp³-hybridized carbons (Fsp3) is 0.800. The molecule has 4 nitrogen and oxygen atoms in total. The number of likely N-dealkylation sites (tertiary alicyclic amines) is 1. The van der Waals surface area contributed by atoms with E-state index >= 15 is 0 Å². The van der Waals surface area contributed by atoms with Crippen LogP contribution >= 0.6 is 0 Å². The highest BCUT2D eigenvalue weighted by molar-refractivity contribution is 5.02. The maximum absolute atomic E-state index is 6.19. The van der Waals surface area contributed by atoms with Crippen molar-refractivity contribution in [1.82, 2.24) is 14.9 Å². The first kappa shape index (κ1) is 17.8. The van der Waals surface area contributed by atoms with Gasteiger partial charge in [0.2, 0.25) is 0 Å². The summed E-state index contributed by atoms with van der Waals surface area (Å²) in [6, 6.07) is 2.02. The Morgan fingerprint density at radius 1 is 1.21 bits per heavy atom. The lowest BCUT2D eigenvalue weighted by atomic mass is 9.85. The molecule has 4 heteroatoms. The summed E-state index contributed by atoms with van der Waals surface area (Å²) in [6.07, 6.45) is 13.3. The van der Waals surface area contributed by atoms with E-state index in [4.69, 9.17) is 4.74 Å². The van der Waals surface area contributed by atoms with E-state index in [0.29, 0.717) is 12.0 Å². The molecule has 2 fully saturated rings. The molecule has 1 aromatic rings. The van der Waals surface area contributed by atoms with Crippen LogP contribution in [0.3, 0.4) is 0 Å². The van der Waals surface area contributed by atoms with Crippen molar-refractivity contribution in [3.05, 3.63) is 23.8 Å². The van der Waals surface area contributed by atoms with Gasteiger partial charge in [0.05, 0.1) is 6.10 Å². The second kappa shape index (κ2) is 9.47. The standard InChI is InChI=1S/C20H33N3O/c1-2-18-9-10-21-20(22-18)16-17-7-5-8-19(15-17)24-14-6-13-23-11-3-4-12-23/h9-10,17,19H,2-8,11-16H2,1H3/t17-,19+/m1/s1. The predicted octanol–water partition coefficient (Wildman–Crippen LogP) is 3.64. The minimum atomic E-state index is 0.455. The van der Waals surface area contributed by atoms with Crippen molar-refractivity contribution < 1.29 is 4.74 Å². The molecule has 2 atom stereocenters. The molecule has 1 saturated heterocycles. The van der Waals surface area contributed by atoms with E-state index in [0.717, 1.165) is 31.0 Å². The van der Waals surface area contributed by atoms with Crippen molar-refractivity contribution in [2.45, 2.75) is 70.8 Å². The minimum absolute atomic E-state index is 0.455. The summed E-state index contributed by atoms with van der Waals surface area (Å²) in [6.45, 7) is 6.88. The van der Waals surface area contributed by atoms with E-state index < -0.39 is 0 Å². The lowest BCUT2D eigenvalue weighted by Gasteiger charge is -2.29. The SMILES string of the molecule is CCc1ccnc(C[C@@H]2CCC[C@H](OCCCN3CCCC3)C2)n1. The molecule has 134 valence electrons.